The van der Waals surface area contributed by atoms with Crippen LogP contribution in [0, 0.1) is 0 Å². The van der Waals surface area contributed by atoms with Crippen LogP contribution >= 0.6 is 0 Å². The molecule has 0 aromatic heterocycles. The fourth-order valence-electron chi connectivity index (χ4n) is 1.43. The number of carbonyl (C=O) groups excluding carboxylic acids is 1. The quantitative estimate of drug-likeness (QED) is 0.779. The highest BCUT2D eigenvalue weighted by molar-refractivity contribution is 5.68. The van der Waals surface area contributed by atoms with Crippen LogP contribution in [0.4, 0.5) is 4.79 Å². The summed E-state index contributed by atoms with van der Waals surface area (Å²) < 4.78 is 5.23. The first-order valence-electron chi connectivity index (χ1n) is 5.73. The third kappa shape index (κ3) is 6.37. The molecule has 0 aromatic carbocycles. The summed E-state index contributed by atoms with van der Waals surface area (Å²) in [4.78, 5) is 11.6. The molecule has 0 radical (unpaired) electrons. The maximum Gasteiger partial charge on any atom is 0.408 e. The van der Waals surface area contributed by atoms with Gasteiger partial charge in [0.2, 0.25) is 0 Å². The number of rotatable bonds is 4. The number of amides is 1. The molecule has 0 aromatic rings. The number of nitrogens with one attached hydrogen (secondary N) is 1. The van der Waals surface area contributed by atoms with Crippen LogP contribution in [-0.4, -0.2) is 17.2 Å². The highest BCUT2D eigenvalue weighted by Crippen LogP contribution is 2.17. The zero-order valence-corrected chi connectivity index (χ0v) is 10.9. The summed E-state index contributed by atoms with van der Waals surface area (Å²) in [5.41, 5.74) is -0.567. The lowest BCUT2D eigenvalue weighted by molar-refractivity contribution is 0.0455. The zero-order chi connectivity index (χ0) is 12.1. The van der Waals surface area contributed by atoms with Crippen molar-refractivity contribution < 1.29 is 9.53 Å². The van der Waals surface area contributed by atoms with Crippen LogP contribution in [-0.2, 0) is 4.74 Å². The predicted molar refractivity (Wildman–Crippen MR) is 63.0 cm³/mol. The van der Waals surface area contributed by atoms with E-state index < -0.39 is 5.60 Å². The molecule has 0 heterocycles. The molecule has 0 saturated heterocycles. The fraction of sp³-hybridized carbons (Fsp3) is 0.917. The Morgan fingerprint density at radius 3 is 2.07 bits per heavy atom. The van der Waals surface area contributed by atoms with E-state index in [-0.39, 0.29) is 11.6 Å². The van der Waals surface area contributed by atoms with Crippen LogP contribution in [0.5, 0.6) is 0 Å². The highest BCUT2D eigenvalue weighted by atomic mass is 16.6. The second-order valence-electron chi connectivity index (χ2n) is 5.29. The number of hydrogen-bond acceptors (Lipinski definition) is 2. The molecule has 0 rings (SSSR count). The van der Waals surface area contributed by atoms with Crippen LogP contribution in [0.15, 0.2) is 0 Å². The number of hydrogen-bond donors (Lipinski definition) is 1. The van der Waals surface area contributed by atoms with Gasteiger partial charge in [-0.1, -0.05) is 20.3 Å². The molecule has 1 atom stereocenters. The highest BCUT2D eigenvalue weighted by Gasteiger charge is 2.26. The molecule has 0 aliphatic carbocycles. The minimum Gasteiger partial charge on any atom is -0.444 e. The molecule has 0 aliphatic heterocycles. The first-order chi connectivity index (χ1) is 6.72. The minimum absolute atomic E-state index is 0.142. The van der Waals surface area contributed by atoms with Crippen molar-refractivity contribution in [3.63, 3.8) is 0 Å². The van der Waals surface area contributed by atoms with Crippen molar-refractivity contribution in [2.24, 2.45) is 0 Å². The second-order valence-corrected chi connectivity index (χ2v) is 5.29. The van der Waals surface area contributed by atoms with Gasteiger partial charge in [0.05, 0.1) is 0 Å². The molecule has 1 unspecified atom stereocenters. The van der Waals surface area contributed by atoms with Gasteiger partial charge in [0.25, 0.3) is 0 Å². The maximum atomic E-state index is 11.6. The molecule has 90 valence electrons. The summed E-state index contributed by atoms with van der Waals surface area (Å²) in [6, 6.07) is 0. The molecule has 0 saturated carbocycles. The van der Waals surface area contributed by atoms with Gasteiger partial charge >= 0.3 is 6.09 Å². The van der Waals surface area contributed by atoms with Gasteiger partial charge in [-0.2, -0.15) is 0 Å². The van der Waals surface area contributed by atoms with E-state index in [9.17, 15) is 4.79 Å². The third-order valence-corrected chi connectivity index (χ3v) is 2.38. The summed E-state index contributed by atoms with van der Waals surface area (Å²) >= 11 is 0. The van der Waals surface area contributed by atoms with Crippen LogP contribution in [0.2, 0.25) is 0 Å². The molecular formula is C12H25NO2. The Hall–Kier alpha value is -0.730. The summed E-state index contributed by atoms with van der Waals surface area (Å²) in [5, 5.41) is 2.94. The third-order valence-electron chi connectivity index (χ3n) is 2.38. The minimum atomic E-state index is -0.426. The van der Waals surface area contributed by atoms with E-state index in [1.54, 1.807) is 0 Å². The van der Waals surface area contributed by atoms with Gasteiger partial charge in [0.1, 0.15) is 5.60 Å². The first kappa shape index (κ1) is 14.3. The first-order valence-corrected chi connectivity index (χ1v) is 5.73. The molecule has 0 bridgehead atoms. The van der Waals surface area contributed by atoms with Crippen LogP contribution < -0.4 is 5.32 Å². The Bertz CT molecular complexity index is 208. The number of ether oxygens (including phenoxy) is 1. The van der Waals surface area contributed by atoms with E-state index in [2.05, 4.69) is 26.1 Å². The average molecular weight is 215 g/mol. The lowest BCUT2D eigenvalue weighted by Crippen LogP contribution is -2.47. The van der Waals surface area contributed by atoms with Gasteiger partial charge in [-0.15, -0.1) is 0 Å². The van der Waals surface area contributed by atoms with E-state index in [1.165, 1.54) is 0 Å². The predicted octanol–water partition coefficient (Wildman–Crippen LogP) is 3.48. The number of carbonyl (C=O) groups is 1. The Morgan fingerprint density at radius 1 is 1.20 bits per heavy atom. The smallest absolute Gasteiger partial charge is 0.408 e. The van der Waals surface area contributed by atoms with Crippen molar-refractivity contribution in [3.8, 4) is 0 Å². The summed E-state index contributed by atoms with van der Waals surface area (Å²) in [5.74, 6) is 0. The van der Waals surface area contributed by atoms with Crippen molar-refractivity contribution >= 4 is 6.09 Å². The van der Waals surface area contributed by atoms with Crippen molar-refractivity contribution in [1.29, 1.82) is 0 Å². The van der Waals surface area contributed by atoms with Crippen molar-refractivity contribution in [1.82, 2.24) is 5.32 Å². The molecule has 0 fully saturated rings. The lowest BCUT2D eigenvalue weighted by Gasteiger charge is -2.30. The Balaban J connectivity index is 4.24. The molecule has 0 spiro atoms. The van der Waals surface area contributed by atoms with Gasteiger partial charge in [0, 0.05) is 5.54 Å². The molecule has 0 aliphatic rings. The van der Waals surface area contributed by atoms with Gasteiger partial charge in [-0.3, -0.25) is 0 Å². The Labute approximate surface area is 93.6 Å². The Kier molecular flexibility index (Phi) is 5.12. The van der Waals surface area contributed by atoms with Crippen LogP contribution in [0.3, 0.4) is 0 Å². The molecule has 1 amide bonds. The zero-order valence-electron chi connectivity index (χ0n) is 10.9. The normalized spacial score (nSPS) is 15.6. The Morgan fingerprint density at radius 2 is 1.73 bits per heavy atom. The topological polar surface area (TPSA) is 38.3 Å². The van der Waals surface area contributed by atoms with E-state index >= 15 is 0 Å². The lowest BCUT2D eigenvalue weighted by atomic mass is 9.93. The standard InChI is InChI=1S/C12H25NO2/c1-7-9-12(6,8-2)13-10(14)15-11(3,4)5/h7-9H2,1-6H3,(H,13,14). The molecular weight excluding hydrogens is 190 g/mol. The second kappa shape index (κ2) is 5.38. The molecule has 15 heavy (non-hydrogen) atoms. The fourth-order valence-corrected chi connectivity index (χ4v) is 1.43. The van der Waals surface area contributed by atoms with Crippen molar-refractivity contribution in [2.75, 3.05) is 0 Å². The largest absolute Gasteiger partial charge is 0.444 e. The maximum absolute atomic E-state index is 11.6. The van der Waals surface area contributed by atoms with Gasteiger partial charge in [-0.25, -0.2) is 4.79 Å². The summed E-state index contributed by atoms with van der Waals surface area (Å²) in [6.07, 6.45) is 2.63. The molecule has 3 heteroatoms. The molecule has 1 N–H and O–H groups in total. The van der Waals surface area contributed by atoms with E-state index in [0.717, 1.165) is 19.3 Å². The summed E-state index contributed by atoms with van der Waals surface area (Å²) in [7, 11) is 0. The van der Waals surface area contributed by atoms with Crippen LogP contribution in [0.25, 0.3) is 0 Å². The van der Waals surface area contributed by atoms with E-state index in [1.807, 2.05) is 20.8 Å². The van der Waals surface area contributed by atoms with Gasteiger partial charge in [0.15, 0.2) is 0 Å². The van der Waals surface area contributed by atoms with Crippen LogP contribution in [0.1, 0.15) is 60.8 Å². The number of alkyl carbamates (subject to hydrolysis) is 1. The molecule has 3 nitrogen and oxygen atoms in total. The monoisotopic (exact) mass is 215 g/mol. The summed E-state index contributed by atoms with van der Waals surface area (Å²) in [6.45, 7) is 11.9. The van der Waals surface area contributed by atoms with E-state index in [0.29, 0.717) is 0 Å². The van der Waals surface area contributed by atoms with E-state index in [4.69, 9.17) is 4.74 Å². The van der Waals surface area contributed by atoms with Crippen molar-refractivity contribution in [3.05, 3.63) is 0 Å². The van der Waals surface area contributed by atoms with Crippen molar-refractivity contribution in [2.45, 2.75) is 71.9 Å². The van der Waals surface area contributed by atoms with Gasteiger partial charge < -0.3 is 10.1 Å². The van der Waals surface area contributed by atoms with Gasteiger partial charge in [-0.05, 0) is 40.5 Å². The SMILES string of the molecule is CCCC(C)(CC)NC(=O)OC(C)(C)C. The average Bonchev–Trinajstić information content (AvgIpc) is 2.00.